The molecule has 0 saturated carbocycles. The molecule has 0 spiro atoms. The summed E-state index contributed by atoms with van der Waals surface area (Å²) in [6.07, 6.45) is -0.205. The highest BCUT2D eigenvalue weighted by molar-refractivity contribution is 6.40. The Bertz CT molecular complexity index is 761. The van der Waals surface area contributed by atoms with Crippen molar-refractivity contribution in [2.45, 2.75) is 13.0 Å². The van der Waals surface area contributed by atoms with Gasteiger partial charge in [-0.1, -0.05) is 29.3 Å². The second kappa shape index (κ2) is 7.95. The molecule has 7 heteroatoms. The normalized spacial score (nSPS) is 15.7. The van der Waals surface area contributed by atoms with E-state index in [2.05, 4.69) is 5.32 Å². The van der Waals surface area contributed by atoms with Gasteiger partial charge in [-0.25, -0.2) is 0 Å². The van der Waals surface area contributed by atoms with Gasteiger partial charge in [0.2, 0.25) is 0 Å². The molecular weight excluding hydrogens is 365 g/mol. The maximum absolute atomic E-state index is 12.5. The summed E-state index contributed by atoms with van der Waals surface area (Å²) in [6, 6.07) is 10.0. The summed E-state index contributed by atoms with van der Waals surface area (Å²) in [5.41, 5.74) is 0.787. The summed E-state index contributed by atoms with van der Waals surface area (Å²) in [6.45, 7) is 3.36. The molecule has 132 valence electrons. The second-order valence-electron chi connectivity index (χ2n) is 5.42. The van der Waals surface area contributed by atoms with Gasteiger partial charge in [0, 0.05) is 12.2 Å². The Labute approximate surface area is 155 Å². The Balaban J connectivity index is 1.76. The number of hydrogen-bond donors (Lipinski definition) is 1. The number of carbonyl (C=O) groups excluding carboxylic acids is 1. The lowest BCUT2D eigenvalue weighted by Crippen LogP contribution is -2.33. The van der Waals surface area contributed by atoms with Crippen molar-refractivity contribution in [3.63, 3.8) is 0 Å². The minimum atomic E-state index is -0.340. The number of ether oxygens (including phenoxy) is 3. The number of anilines is 1. The number of nitrogens with one attached hydrogen (secondary N) is 1. The summed E-state index contributed by atoms with van der Waals surface area (Å²) >= 11 is 12.2. The number of rotatable bonds is 5. The van der Waals surface area contributed by atoms with Crippen molar-refractivity contribution in [2.75, 3.05) is 25.1 Å². The minimum Gasteiger partial charge on any atom is -0.486 e. The van der Waals surface area contributed by atoms with Crippen molar-refractivity contribution < 1.29 is 19.0 Å². The third-order valence-electron chi connectivity index (χ3n) is 3.63. The summed E-state index contributed by atoms with van der Waals surface area (Å²) in [5, 5.41) is 3.46. The van der Waals surface area contributed by atoms with E-state index in [1.54, 1.807) is 36.4 Å². The fraction of sp³-hybridized carbons (Fsp3) is 0.278. The molecule has 1 heterocycles. The first-order chi connectivity index (χ1) is 12.1. The zero-order chi connectivity index (χ0) is 17.8. The summed E-state index contributed by atoms with van der Waals surface area (Å²) < 4.78 is 16.8. The molecule has 0 saturated heterocycles. The average molecular weight is 382 g/mol. The van der Waals surface area contributed by atoms with E-state index in [0.29, 0.717) is 52.6 Å². The first kappa shape index (κ1) is 17.9. The number of para-hydroxylation sites is 1. The maximum atomic E-state index is 12.5. The van der Waals surface area contributed by atoms with Gasteiger partial charge < -0.3 is 19.5 Å². The molecule has 1 unspecified atom stereocenters. The highest BCUT2D eigenvalue weighted by Crippen LogP contribution is 2.34. The van der Waals surface area contributed by atoms with Crippen molar-refractivity contribution in [3.8, 4) is 11.5 Å². The summed E-state index contributed by atoms with van der Waals surface area (Å²) in [7, 11) is 0. The largest absolute Gasteiger partial charge is 0.486 e. The van der Waals surface area contributed by atoms with Crippen LogP contribution in [0.25, 0.3) is 0 Å². The van der Waals surface area contributed by atoms with Crippen molar-refractivity contribution in [1.29, 1.82) is 0 Å². The van der Waals surface area contributed by atoms with E-state index >= 15 is 0 Å². The van der Waals surface area contributed by atoms with Gasteiger partial charge in [-0.05, 0) is 37.3 Å². The van der Waals surface area contributed by atoms with Gasteiger partial charge in [-0.15, -0.1) is 0 Å². The summed E-state index contributed by atoms with van der Waals surface area (Å²) in [5.74, 6) is 0.766. The van der Waals surface area contributed by atoms with E-state index in [1.807, 2.05) is 6.92 Å². The van der Waals surface area contributed by atoms with E-state index in [0.717, 1.165) is 0 Å². The Kier molecular flexibility index (Phi) is 5.68. The molecule has 1 N–H and O–H groups in total. The zero-order valence-electron chi connectivity index (χ0n) is 13.6. The molecule has 1 atom stereocenters. The topological polar surface area (TPSA) is 56.8 Å². The van der Waals surface area contributed by atoms with Gasteiger partial charge >= 0.3 is 0 Å². The zero-order valence-corrected chi connectivity index (χ0v) is 15.1. The number of hydrogen-bond acceptors (Lipinski definition) is 4. The van der Waals surface area contributed by atoms with Crippen LogP contribution in [0, 0.1) is 0 Å². The fourth-order valence-electron chi connectivity index (χ4n) is 2.39. The van der Waals surface area contributed by atoms with Gasteiger partial charge in [-0.2, -0.15) is 0 Å². The highest BCUT2D eigenvalue weighted by atomic mass is 35.5. The van der Waals surface area contributed by atoms with Crippen LogP contribution >= 0.6 is 23.2 Å². The maximum Gasteiger partial charge on any atom is 0.255 e. The van der Waals surface area contributed by atoms with Gasteiger partial charge in [0.15, 0.2) is 17.6 Å². The molecule has 2 aromatic rings. The van der Waals surface area contributed by atoms with Crippen LogP contribution in [-0.4, -0.2) is 31.8 Å². The second-order valence-corrected chi connectivity index (χ2v) is 6.24. The number of amides is 1. The predicted octanol–water partition coefficient (Wildman–Crippen LogP) is 4.42. The van der Waals surface area contributed by atoms with Crippen LogP contribution in [-0.2, 0) is 4.74 Å². The molecule has 2 aromatic carbocycles. The van der Waals surface area contributed by atoms with Crippen LogP contribution in [0.3, 0.4) is 0 Å². The lowest BCUT2D eigenvalue weighted by Gasteiger charge is -2.26. The van der Waals surface area contributed by atoms with Crippen LogP contribution in [0.1, 0.15) is 17.3 Å². The lowest BCUT2D eigenvalue weighted by atomic mass is 10.1. The molecule has 1 aliphatic heterocycles. The van der Waals surface area contributed by atoms with Gasteiger partial charge in [0.05, 0.1) is 22.3 Å². The first-order valence-corrected chi connectivity index (χ1v) is 8.60. The first-order valence-electron chi connectivity index (χ1n) is 7.85. The molecule has 0 aliphatic carbocycles. The van der Waals surface area contributed by atoms with Crippen molar-refractivity contribution >= 4 is 34.8 Å². The van der Waals surface area contributed by atoms with Crippen LogP contribution in [0.5, 0.6) is 11.5 Å². The van der Waals surface area contributed by atoms with Crippen molar-refractivity contribution in [1.82, 2.24) is 0 Å². The predicted molar refractivity (Wildman–Crippen MR) is 97.3 cm³/mol. The monoisotopic (exact) mass is 381 g/mol. The van der Waals surface area contributed by atoms with Gasteiger partial charge in [0.25, 0.3) is 5.91 Å². The Morgan fingerprint density at radius 2 is 2.00 bits per heavy atom. The quantitative estimate of drug-likeness (QED) is 0.832. The standard InChI is InChI=1S/C18H17Cl2NO4/c1-2-23-9-12-10-24-15-7-6-11(8-16(15)25-12)18(22)21-17-13(19)4-3-5-14(17)20/h3-8,12H,2,9-10H2,1H3,(H,21,22). The fourth-order valence-corrected chi connectivity index (χ4v) is 2.88. The molecule has 5 nitrogen and oxygen atoms in total. The molecular formula is C18H17Cl2NO4. The van der Waals surface area contributed by atoms with E-state index < -0.39 is 0 Å². The molecule has 1 aliphatic rings. The highest BCUT2D eigenvalue weighted by Gasteiger charge is 2.22. The van der Waals surface area contributed by atoms with E-state index in [4.69, 9.17) is 37.4 Å². The third kappa shape index (κ3) is 4.18. The van der Waals surface area contributed by atoms with Crippen LogP contribution in [0.15, 0.2) is 36.4 Å². The Morgan fingerprint density at radius 3 is 2.72 bits per heavy atom. The average Bonchev–Trinajstić information content (AvgIpc) is 2.62. The van der Waals surface area contributed by atoms with Gasteiger partial charge in [-0.3, -0.25) is 4.79 Å². The number of halogens is 2. The van der Waals surface area contributed by atoms with E-state index in [-0.39, 0.29) is 12.0 Å². The number of carbonyl (C=O) groups is 1. The number of benzene rings is 2. The SMILES string of the molecule is CCOCC1COc2ccc(C(=O)Nc3c(Cl)cccc3Cl)cc2O1. The molecule has 3 rings (SSSR count). The van der Waals surface area contributed by atoms with Crippen LogP contribution in [0.4, 0.5) is 5.69 Å². The number of fused-ring (bicyclic) bond motifs is 1. The molecule has 0 aromatic heterocycles. The van der Waals surface area contributed by atoms with E-state index in [9.17, 15) is 4.79 Å². The van der Waals surface area contributed by atoms with Crippen molar-refractivity contribution in [3.05, 3.63) is 52.0 Å². The van der Waals surface area contributed by atoms with Crippen LogP contribution in [0.2, 0.25) is 10.0 Å². The van der Waals surface area contributed by atoms with Crippen molar-refractivity contribution in [2.24, 2.45) is 0 Å². The Morgan fingerprint density at radius 1 is 1.24 bits per heavy atom. The molecule has 25 heavy (non-hydrogen) atoms. The molecule has 0 radical (unpaired) electrons. The van der Waals surface area contributed by atoms with Crippen LogP contribution < -0.4 is 14.8 Å². The molecule has 0 fully saturated rings. The lowest BCUT2D eigenvalue weighted by molar-refractivity contribution is 0.0127. The summed E-state index contributed by atoms with van der Waals surface area (Å²) in [4.78, 5) is 12.5. The van der Waals surface area contributed by atoms with E-state index in [1.165, 1.54) is 0 Å². The van der Waals surface area contributed by atoms with Gasteiger partial charge in [0.1, 0.15) is 6.61 Å². The Hall–Kier alpha value is -1.95. The smallest absolute Gasteiger partial charge is 0.255 e. The minimum absolute atomic E-state index is 0.205. The third-order valence-corrected chi connectivity index (χ3v) is 4.26. The molecule has 1 amide bonds. The molecule has 0 bridgehead atoms.